The number of benzene rings is 1. The normalized spacial score (nSPS) is 12.8. The zero-order chi connectivity index (χ0) is 15.0. The number of hydrogen-bond acceptors (Lipinski definition) is 3. The van der Waals surface area contributed by atoms with Crippen LogP contribution < -0.4 is 5.32 Å². The molecule has 0 fully saturated rings. The highest BCUT2D eigenvalue weighted by atomic mass is 32.2. The van der Waals surface area contributed by atoms with Gasteiger partial charge in [0.25, 0.3) is 0 Å². The number of amides is 1. The summed E-state index contributed by atoms with van der Waals surface area (Å²) < 4.78 is 5.30. The molecule has 0 saturated carbocycles. The fourth-order valence-electron chi connectivity index (χ4n) is 1.78. The van der Waals surface area contributed by atoms with Gasteiger partial charge in [0.1, 0.15) is 5.60 Å². The van der Waals surface area contributed by atoms with Crippen LogP contribution in [0.3, 0.4) is 0 Å². The van der Waals surface area contributed by atoms with E-state index in [4.69, 9.17) is 4.74 Å². The van der Waals surface area contributed by atoms with E-state index in [0.717, 1.165) is 18.6 Å². The largest absolute Gasteiger partial charge is 0.444 e. The minimum Gasteiger partial charge on any atom is -0.444 e. The van der Waals surface area contributed by atoms with E-state index < -0.39 is 5.60 Å². The molecule has 0 aliphatic carbocycles. The van der Waals surface area contributed by atoms with Gasteiger partial charge in [-0.1, -0.05) is 37.3 Å². The van der Waals surface area contributed by atoms with E-state index in [0.29, 0.717) is 0 Å². The van der Waals surface area contributed by atoms with Crippen LogP contribution in [0.1, 0.15) is 39.7 Å². The topological polar surface area (TPSA) is 38.3 Å². The van der Waals surface area contributed by atoms with Crippen LogP contribution in [0.5, 0.6) is 0 Å². The van der Waals surface area contributed by atoms with Crippen LogP contribution in [-0.2, 0) is 11.2 Å². The number of carbonyl (C=O) groups excluding carboxylic acids is 1. The molecule has 1 unspecified atom stereocenters. The van der Waals surface area contributed by atoms with Gasteiger partial charge in [0.15, 0.2) is 0 Å². The van der Waals surface area contributed by atoms with Crippen LogP contribution in [0.15, 0.2) is 30.3 Å². The first-order chi connectivity index (χ1) is 9.40. The molecule has 0 aliphatic rings. The predicted octanol–water partition coefficient (Wildman–Crippen LogP) is 4.22. The quantitative estimate of drug-likeness (QED) is 0.798. The molecule has 0 heterocycles. The maximum absolute atomic E-state index is 11.8. The lowest BCUT2D eigenvalue weighted by Gasteiger charge is -2.23. The van der Waals surface area contributed by atoms with E-state index in [1.165, 1.54) is 5.56 Å². The van der Waals surface area contributed by atoms with Gasteiger partial charge in [-0.25, -0.2) is 4.79 Å². The summed E-state index contributed by atoms with van der Waals surface area (Å²) in [6, 6.07) is 10.3. The smallest absolute Gasteiger partial charge is 0.408 e. The van der Waals surface area contributed by atoms with Crippen molar-refractivity contribution >= 4 is 17.9 Å². The van der Waals surface area contributed by atoms with Gasteiger partial charge >= 0.3 is 6.09 Å². The van der Waals surface area contributed by atoms with Gasteiger partial charge in [-0.05, 0) is 44.9 Å². The van der Waals surface area contributed by atoms with E-state index in [1.807, 2.05) is 39.0 Å². The molecule has 1 aromatic carbocycles. The first-order valence-electron chi connectivity index (χ1n) is 7.06. The summed E-state index contributed by atoms with van der Waals surface area (Å²) in [5, 5.41) is 3.04. The van der Waals surface area contributed by atoms with E-state index >= 15 is 0 Å². The van der Waals surface area contributed by atoms with Crippen molar-refractivity contribution in [3.8, 4) is 0 Å². The van der Waals surface area contributed by atoms with Gasteiger partial charge in [-0.15, -0.1) is 11.8 Å². The van der Waals surface area contributed by atoms with Gasteiger partial charge in [0.2, 0.25) is 0 Å². The molecule has 3 nitrogen and oxygen atoms in total. The van der Waals surface area contributed by atoms with Crippen molar-refractivity contribution in [1.29, 1.82) is 0 Å². The fraction of sp³-hybridized carbons (Fsp3) is 0.562. The number of alkyl carbamates (subject to hydrolysis) is 1. The van der Waals surface area contributed by atoms with Gasteiger partial charge in [0, 0.05) is 0 Å². The van der Waals surface area contributed by atoms with Crippen LogP contribution in [-0.4, -0.2) is 22.8 Å². The van der Waals surface area contributed by atoms with E-state index in [2.05, 4.69) is 24.4 Å². The third-order valence-corrected chi connectivity index (χ3v) is 3.67. The standard InChI is InChI=1S/C16H25NO2S/c1-5-20-14(17-15(18)19-16(2,3)4)12-11-13-9-7-6-8-10-13/h6-10,14H,5,11-12H2,1-4H3,(H,17,18). The Hall–Kier alpha value is -1.16. The van der Waals surface area contributed by atoms with Crippen LogP contribution >= 0.6 is 11.8 Å². The van der Waals surface area contributed by atoms with Crippen LogP contribution in [0.4, 0.5) is 4.79 Å². The van der Waals surface area contributed by atoms with Crippen molar-refractivity contribution in [2.24, 2.45) is 0 Å². The third-order valence-electron chi connectivity index (χ3n) is 2.58. The van der Waals surface area contributed by atoms with Crippen LogP contribution in [0.25, 0.3) is 0 Å². The second-order valence-electron chi connectivity index (χ2n) is 5.61. The monoisotopic (exact) mass is 295 g/mol. The first kappa shape index (κ1) is 16.9. The summed E-state index contributed by atoms with van der Waals surface area (Å²) in [5.74, 6) is 0.968. The molecule has 20 heavy (non-hydrogen) atoms. The van der Waals surface area contributed by atoms with Gasteiger partial charge in [0.05, 0.1) is 5.37 Å². The Morgan fingerprint density at radius 3 is 2.50 bits per heavy atom. The number of thioether (sulfide) groups is 1. The summed E-state index contributed by atoms with van der Waals surface area (Å²) in [7, 11) is 0. The number of aryl methyl sites for hydroxylation is 1. The number of hydrogen-bond donors (Lipinski definition) is 1. The molecule has 4 heteroatoms. The molecule has 1 amide bonds. The zero-order valence-corrected chi connectivity index (χ0v) is 13.6. The Bertz CT molecular complexity index is 401. The molecule has 0 spiro atoms. The molecular formula is C16H25NO2S. The molecular weight excluding hydrogens is 270 g/mol. The number of ether oxygens (including phenoxy) is 1. The first-order valence-corrected chi connectivity index (χ1v) is 8.10. The molecule has 1 aromatic rings. The van der Waals surface area contributed by atoms with Gasteiger partial charge in [-0.3, -0.25) is 0 Å². The SMILES string of the molecule is CCSC(CCc1ccccc1)NC(=O)OC(C)(C)C. The Balaban J connectivity index is 2.46. The zero-order valence-electron chi connectivity index (χ0n) is 12.8. The minimum atomic E-state index is -0.453. The Labute approximate surface area is 126 Å². The average Bonchev–Trinajstić information content (AvgIpc) is 2.35. The van der Waals surface area contributed by atoms with Crippen molar-refractivity contribution < 1.29 is 9.53 Å². The highest BCUT2D eigenvalue weighted by Crippen LogP contribution is 2.16. The molecule has 112 valence electrons. The lowest BCUT2D eigenvalue weighted by atomic mass is 10.1. The van der Waals surface area contributed by atoms with Crippen molar-refractivity contribution in [1.82, 2.24) is 5.32 Å². The molecule has 1 rings (SSSR count). The van der Waals surface area contributed by atoms with E-state index in [9.17, 15) is 4.79 Å². The van der Waals surface area contributed by atoms with Gasteiger partial charge in [-0.2, -0.15) is 0 Å². The highest BCUT2D eigenvalue weighted by molar-refractivity contribution is 7.99. The number of nitrogens with one attached hydrogen (secondary N) is 1. The van der Waals surface area contributed by atoms with Gasteiger partial charge < -0.3 is 10.1 Å². The predicted molar refractivity (Wildman–Crippen MR) is 86.1 cm³/mol. The summed E-state index contributed by atoms with van der Waals surface area (Å²) >= 11 is 1.74. The maximum Gasteiger partial charge on any atom is 0.408 e. The van der Waals surface area contributed by atoms with Crippen molar-refractivity contribution in [2.45, 2.75) is 51.5 Å². The highest BCUT2D eigenvalue weighted by Gasteiger charge is 2.19. The van der Waals surface area contributed by atoms with Crippen LogP contribution in [0, 0.1) is 0 Å². The average molecular weight is 295 g/mol. The summed E-state index contributed by atoms with van der Waals surface area (Å²) in [5.41, 5.74) is 0.838. The Kier molecular flexibility index (Phi) is 6.93. The molecule has 0 bridgehead atoms. The minimum absolute atomic E-state index is 0.0926. The molecule has 1 atom stereocenters. The maximum atomic E-state index is 11.8. The number of carbonyl (C=O) groups is 1. The molecule has 1 N–H and O–H groups in total. The second kappa shape index (κ2) is 8.20. The van der Waals surface area contributed by atoms with Crippen LogP contribution in [0.2, 0.25) is 0 Å². The van der Waals surface area contributed by atoms with Crippen molar-refractivity contribution in [3.05, 3.63) is 35.9 Å². The second-order valence-corrected chi connectivity index (χ2v) is 7.09. The Morgan fingerprint density at radius 2 is 1.95 bits per heavy atom. The molecule has 0 aliphatic heterocycles. The lowest BCUT2D eigenvalue weighted by Crippen LogP contribution is -2.38. The number of rotatable bonds is 6. The molecule has 0 radical (unpaired) electrons. The summed E-state index contributed by atoms with van der Waals surface area (Å²) in [6.45, 7) is 7.71. The lowest BCUT2D eigenvalue weighted by molar-refractivity contribution is 0.0520. The van der Waals surface area contributed by atoms with Crippen molar-refractivity contribution in [3.63, 3.8) is 0 Å². The molecule has 0 aromatic heterocycles. The molecule has 0 saturated heterocycles. The summed E-state index contributed by atoms with van der Waals surface area (Å²) in [4.78, 5) is 11.8. The fourth-order valence-corrected chi connectivity index (χ4v) is 2.65. The third kappa shape index (κ3) is 7.43. The van der Waals surface area contributed by atoms with E-state index in [1.54, 1.807) is 11.8 Å². The Morgan fingerprint density at radius 1 is 1.30 bits per heavy atom. The summed E-state index contributed by atoms with van der Waals surface area (Å²) in [6.07, 6.45) is 1.52. The van der Waals surface area contributed by atoms with Crippen molar-refractivity contribution in [2.75, 3.05) is 5.75 Å². The van der Waals surface area contributed by atoms with E-state index in [-0.39, 0.29) is 11.5 Å².